The summed E-state index contributed by atoms with van der Waals surface area (Å²) in [7, 11) is 1.61. The van der Waals surface area contributed by atoms with Crippen molar-refractivity contribution >= 4 is 28.2 Å². The first-order valence-electron chi connectivity index (χ1n) is 8.33. The van der Waals surface area contributed by atoms with Crippen LogP contribution in [0.15, 0.2) is 67.0 Å². The molecule has 0 aliphatic heterocycles. The Hall–Kier alpha value is -3.67. The monoisotopic (exact) mass is 361 g/mol. The Labute approximate surface area is 154 Å². The van der Waals surface area contributed by atoms with Crippen LogP contribution in [-0.4, -0.2) is 22.9 Å². The summed E-state index contributed by atoms with van der Waals surface area (Å²) in [5, 5.41) is 3.86. The molecule has 0 saturated carbocycles. The maximum atomic E-state index is 14.0. The Morgan fingerprint density at radius 2 is 1.85 bits per heavy atom. The quantitative estimate of drug-likeness (QED) is 0.506. The molecule has 4 aromatic rings. The van der Waals surface area contributed by atoms with Gasteiger partial charge in [0.05, 0.1) is 24.6 Å². The van der Waals surface area contributed by atoms with E-state index in [1.165, 1.54) is 12.1 Å². The van der Waals surface area contributed by atoms with Gasteiger partial charge in [0, 0.05) is 22.8 Å². The molecule has 0 spiro atoms. The molecule has 0 radical (unpaired) electrons. The van der Waals surface area contributed by atoms with Gasteiger partial charge in [-0.1, -0.05) is 12.1 Å². The molecular weight excluding hydrogens is 345 g/mol. The van der Waals surface area contributed by atoms with Gasteiger partial charge < -0.3 is 15.0 Å². The molecule has 2 N–H and O–H groups in total. The van der Waals surface area contributed by atoms with E-state index in [-0.39, 0.29) is 11.3 Å². The maximum Gasteiger partial charge on any atom is 0.198 e. The molecule has 4 rings (SSSR count). The minimum atomic E-state index is -0.544. The van der Waals surface area contributed by atoms with Crippen molar-refractivity contribution in [3.8, 4) is 5.75 Å². The summed E-state index contributed by atoms with van der Waals surface area (Å²) in [6.45, 7) is 0. The molecule has 6 heteroatoms. The lowest BCUT2D eigenvalue weighted by atomic mass is 10.0. The number of carbonyl (C=O) groups excluding carboxylic acids is 1. The number of ketones is 1. The van der Waals surface area contributed by atoms with Crippen molar-refractivity contribution < 1.29 is 13.9 Å². The van der Waals surface area contributed by atoms with Crippen LogP contribution in [0.4, 0.5) is 15.8 Å². The molecule has 0 atom stereocenters. The Balaban J connectivity index is 1.68. The van der Waals surface area contributed by atoms with Crippen LogP contribution in [0.25, 0.3) is 11.0 Å². The second-order valence-electron chi connectivity index (χ2n) is 5.98. The number of aromatic nitrogens is 2. The fourth-order valence-corrected chi connectivity index (χ4v) is 2.89. The van der Waals surface area contributed by atoms with Gasteiger partial charge in [0.15, 0.2) is 5.78 Å². The summed E-state index contributed by atoms with van der Waals surface area (Å²) in [6.07, 6.45) is 3.23. The smallest absolute Gasteiger partial charge is 0.198 e. The first kappa shape index (κ1) is 16.8. The Kier molecular flexibility index (Phi) is 4.30. The Morgan fingerprint density at radius 1 is 1.07 bits per heavy atom. The van der Waals surface area contributed by atoms with E-state index in [1.807, 2.05) is 30.3 Å². The number of halogens is 1. The van der Waals surface area contributed by atoms with Crippen LogP contribution in [0, 0.1) is 5.82 Å². The van der Waals surface area contributed by atoms with E-state index in [9.17, 15) is 9.18 Å². The van der Waals surface area contributed by atoms with Crippen molar-refractivity contribution in [3.63, 3.8) is 0 Å². The van der Waals surface area contributed by atoms with Gasteiger partial charge in [-0.3, -0.25) is 4.79 Å². The SMILES string of the molecule is COc1ccc(Nc2cnc3[nH]cc(C(=O)c4ccccc4F)c3c2)cc1. The molecule has 0 amide bonds. The van der Waals surface area contributed by atoms with Crippen LogP contribution in [0.1, 0.15) is 15.9 Å². The van der Waals surface area contributed by atoms with Crippen molar-refractivity contribution in [1.29, 1.82) is 0 Å². The first-order chi connectivity index (χ1) is 13.2. The summed E-state index contributed by atoms with van der Waals surface area (Å²) < 4.78 is 19.1. The van der Waals surface area contributed by atoms with Crippen LogP contribution in [-0.2, 0) is 0 Å². The van der Waals surface area contributed by atoms with Crippen molar-refractivity contribution in [2.75, 3.05) is 12.4 Å². The van der Waals surface area contributed by atoms with Crippen LogP contribution < -0.4 is 10.1 Å². The minimum Gasteiger partial charge on any atom is -0.497 e. The van der Waals surface area contributed by atoms with Crippen molar-refractivity contribution in [3.05, 3.63) is 83.9 Å². The average molecular weight is 361 g/mol. The lowest BCUT2D eigenvalue weighted by Gasteiger charge is -2.08. The van der Waals surface area contributed by atoms with Gasteiger partial charge in [0.1, 0.15) is 17.2 Å². The van der Waals surface area contributed by atoms with Gasteiger partial charge in [0.25, 0.3) is 0 Å². The topological polar surface area (TPSA) is 67.0 Å². The number of methoxy groups -OCH3 is 1. The van der Waals surface area contributed by atoms with Gasteiger partial charge in [0.2, 0.25) is 0 Å². The van der Waals surface area contributed by atoms with Gasteiger partial charge in [-0.05, 0) is 42.5 Å². The normalized spacial score (nSPS) is 10.7. The van der Waals surface area contributed by atoms with Gasteiger partial charge in [-0.15, -0.1) is 0 Å². The van der Waals surface area contributed by atoms with Crippen molar-refractivity contribution in [2.45, 2.75) is 0 Å². The molecule has 0 aliphatic carbocycles. The third-order valence-corrected chi connectivity index (χ3v) is 4.27. The van der Waals surface area contributed by atoms with E-state index in [0.717, 1.165) is 17.1 Å². The molecule has 134 valence electrons. The highest BCUT2D eigenvalue weighted by molar-refractivity contribution is 6.16. The highest BCUT2D eigenvalue weighted by atomic mass is 19.1. The number of fused-ring (bicyclic) bond motifs is 1. The zero-order valence-electron chi connectivity index (χ0n) is 14.5. The fraction of sp³-hybridized carbons (Fsp3) is 0.0476. The number of hydrogen-bond acceptors (Lipinski definition) is 4. The largest absolute Gasteiger partial charge is 0.497 e. The molecule has 0 aliphatic rings. The second-order valence-corrected chi connectivity index (χ2v) is 5.98. The van der Waals surface area contributed by atoms with E-state index >= 15 is 0 Å². The van der Waals surface area contributed by atoms with E-state index < -0.39 is 5.82 Å². The highest BCUT2D eigenvalue weighted by Crippen LogP contribution is 2.26. The van der Waals surface area contributed by atoms with Crippen LogP contribution >= 0.6 is 0 Å². The molecular formula is C21H16FN3O2. The molecule has 0 saturated heterocycles. The third-order valence-electron chi connectivity index (χ3n) is 4.27. The zero-order chi connectivity index (χ0) is 18.8. The predicted octanol–water partition coefficient (Wildman–Crippen LogP) is 4.69. The molecule has 5 nitrogen and oxygen atoms in total. The zero-order valence-corrected chi connectivity index (χ0v) is 14.5. The molecule has 2 aromatic heterocycles. The summed E-state index contributed by atoms with van der Waals surface area (Å²) >= 11 is 0. The van der Waals surface area contributed by atoms with Crippen molar-refractivity contribution in [2.24, 2.45) is 0 Å². The molecule has 27 heavy (non-hydrogen) atoms. The molecule has 0 bridgehead atoms. The molecule has 0 unspecified atom stereocenters. The van der Waals surface area contributed by atoms with E-state index in [4.69, 9.17) is 4.74 Å². The second kappa shape index (κ2) is 6.92. The molecule has 2 heterocycles. The average Bonchev–Trinajstić information content (AvgIpc) is 3.12. The van der Waals surface area contributed by atoms with E-state index in [2.05, 4.69) is 15.3 Å². The maximum absolute atomic E-state index is 14.0. The summed E-state index contributed by atoms with van der Waals surface area (Å²) in [4.78, 5) is 20.1. The van der Waals surface area contributed by atoms with Gasteiger partial charge in [-0.25, -0.2) is 9.37 Å². The third kappa shape index (κ3) is 3.25. The predicted molar refractivity (Wildman–Crippen MR) is 102 cm³/mol. The summed E-state index contributed by atoms with van der Waals surface area (Å²) in [5.41, 5.74) is 2.55. The lowest BCUT2D eigenvalue weighted by molar-refractivity contribution is 0.103. The number of ether oxygens (including phenoxy) is 1. The molecule has 0 fully saturated rings. The fourth-order valence-electron chi connectivity index (χ4n) is 2.89. The number of carbonyl (C=O) groups is 1. The molecule has 2 aromatic carbocycles. The highest BCUT2D eigenvalue weighted by Gasteiger charge is 2.18. The van der Waals surface area contributed by atoms with Gasteiger partial charge in [-0.2, -0.15) is 0 Å². The van der Waals surface area contributed by atoms with E-state index in [0.29, 0.717) is 16.6 Å². The standard InChI is InChI=1S/C21H16FN3O2/c1-27-15-8-6-13(7-9-15)25-14-10-17-18(12-24-21(17)23-11-14)20(26)16-4-2-3-5-19(16)22/h2-12,25H,1H3,(H,23,24). The van der Waals surface area contributed by atoms with Crippen LogP contribution in [0.3, 0.4) is 0 Å². The number of rotatable bonds is 5. The van der Waals surface area contributed by atoms with Gasteiger partial charge >= 0.3 is 0 Å². The number of H-pyrrole nitrogens is 1. The Morgan fingerprint density at radius 3 is 2.59 bits per heavy atom. The number of anilines is 2. The number of nitrogens with one attached hydrogen (secondary N) is 2. The Bertz CT molecular complexity index is 1120. The summed E-state index contributed by atoms with van der Waals surface area (Å²) in [6, 6.07) is 15.2. The minimum absolute atomic E-state index is 0.0342. The van der Waals surface area contributed by atoms with Crippen LogP contribution in [0.2, 0.25) is 0 Å². The number of hydrogen-bond donors (Lipinski definition) is 2. The summed E-state index contributed by atoms with van der Waals surface area (Å²) in [5.74, 6) is -0.169. The number of nitrogens with zero attached hydrogens (tertiary/aromatic N) is 1. The number of benzene rings is 2. The lowest BCUT2D eigenvalue weighted by Crippen LogP contribution is -2.03. The van der Waals surface area contributed by atoms with E-state index in [1.54, 1.807) is 31.6 Å². The van der Waals surface area contributed by atoms with Crippen LogP contribution in [0.5, 0.6) is 5.75 Å². The van der Waals surface area contributed by atoms with Crippen molar-refractivity contribution in [1.82, 2.24) is 9.97 Å². The number of aromatic amines is 1. The first-order valence-corrected chi connectivity index (χ1v) is 8.33. The number of pyridine rings is 1.